The van der Waals surface area contributed by atoms with E-state index >= 15 is 0 Å². The van der Waals surface area contributed by atoms with E-state index in [0.29, 0.717) is 5.92 Å². The summed E-state index contributed by atoms with van der Waals surface area (Å²) in [4.78, 5) is 0. The molecule has 1 aromatic heterocycles. The molecule has 0 radical (unpaired) electrons. The average molecular weight is 567 g/mol. The highest BCUT2D eigenvalue weighted by Crippen LogP contribution is 2.53. The smallest absolute Gasteiger partial charge is 0.0434 e. The van der Waals surface area contributed by atoms with Gasteiger partial charge in [0, 0.05) is 31.7 Å². The summed E-state index contributed by atoms with van der Waals surface area (Å²) in [6, 6.07) is 40.6. The van der Waals surface area contributed by atoms with Crippen molar-refractivity contribution in [3.63, 3.8) is 0 Å². The summed E-state index contributed by atoms with van der Waals surface area (Å²) >= 11 is 1.91. The Morgan fingerprint density at radius 1 is 0.605 bits per heavy atom. The quantitative estimate of drug-likeness (QED) is 0.200. The Morgan fingerprint density at radius 3 is 2.23 bits per heavy atom. The van der Waals surface area contributed by atoms with Crippen molar-refractivity contribution in [2.45, 2.75) is 19.3 Å². The molecule has 0 N–H and O–H groups in total. The average Bonchev–Trinajstić information content (AvgIpc) is 3.46. The summed E-state index contributed by atoms with van der Waals surface area (Å²) in [5.74, 6) is 0.356. The predicted octanol–water partition coefficient (Wildman–Crippen LogP) is 11.9. The number of fused-ring (bicyclic) bond motifs is 6. The number of thiophene rings is 1. The Balaban J connectivity index is 1.32. The fraction of sp³-hybridized carbons (Fsp3) is 0.0952. The van der Waals surface area contributed by atoms with Gasteiger partial charge in [0.15, 0.2) is 0 Å². The van der Waals surface area contributed by atoms with Gasteiger partial charge in [-0.25, -0.2) is 0 Å². The molecule has 5 aromatic carbocycles. The number of rotatable bonds is 3. The topological polar surface area (TPSA) is 0 Å². The van der Waals surface area contributed by atoms with Gasteiger partial charge in [0.05, 0.1) is 0 Å². The number of hydrogen-bond acceptors (Lipinski definition) is 1. The largest absolute Gasteiger partial charge is 0.135 e. The van der Waals surface area contributed by atoms with Crippen molar-refractivity contribution in [2.24, 2.45) is 5.92 Å². The lowest BCUT2D eigenvalue weighted by Crippen LogP contribution is -2.19. The Hall–Kier alpha value is -4.72. The Bertz CT molecular complexity index is 2250. The van der Waals surface area contributed by atoms with Crippen molar-refractivity contribution < 1.29 is 0 Å². The van der Waals surface area contributed by atoms with E-state index in [4.69, 9.17) is 0 Å². The summed E-state index contributed by atoms with van der Waals surface area (Å²) in [5, 5.41) is 5.36. The number of hydrogen-bond donors (Lipinski definition) is 0. The summed E-state index contributed by atoms with van der Waals surface area (Å²) < 4.78 is 2.72. The monoisotopic (exact) mass is 566 g/mol. The molecular weight excluding hydrogens is 537 g/mol. The van der Waals surface area contributed by atoms with Crippen LogP contribution < -0.4 is 0 Å². The van der Waals surface area contributed by atoms with E-state index in [1.54, 1.807) is 0 Å². The van der Waals surface area contributed by atoms with Crippen LogP contribution in [-0.4, -0.2) is 0 Å². The lowest BCUT2D eigenvalue weighted by Gasteiger charge is -2.37. The first-order valence-electron chi connectivity index (χ1n) is 15.4. The molecule has 204 valence electrons. The van der Waals surface area contributed by atoms with Crippen LogP contribution in [0.4, 0.5) is 0 Å². The summed E-state index contributed by atoms with van der Waals surface area (Å²) in [7, 11) is 0. The number of allylic oxidation sites excluding steroid dienone is 10. The van der Waals surface area contributed by atoms with Crippen molar-refractivity contribution >= 4 is 53.4 Å². The zero-order valence-electron chi connectivity index (χ0n) is 23.9. The van der Waals surface area contributed by atoms with E-state index in [1.807, 2.05) is 11.3 Å². The zero-order chi connectivity index (χ0) is 28.3. The van der Waals surface area contributed by atoms with Crippen LogP contribution in [0, 0.1) is 5.92 Å². The SMILES string of the molecule is C1=CCC2C(=C1)C(c1ccc(-c3cccc4c3sc3ccccc34)c3ccccc13)=C1CCC=CC1=C2c1ccccc1. The van der Waals surface area contributed by atoms with Gasteiger partial charge < -0.3 is 0 Å². The molecule has 9 rings (SSSR count). The fourth-order valence-corrected chi connectivity index (χ4v) is 8.93. The molecule has 1 unspecified atom stereocenters. The Morgan fingerprint density at radius 2 is 1.35 bits per heavy atom. The molecule has 3 aliphatic rings. The molecule has 1 atom stereocenters. The third-order valence-electron chi connectivity index (χ3n) is 9.53. The zero-order valence-corrected chi connectivity index (χ0v) is 24.7. The highest BCUT2D eigenvalue weighted by Gasteiger charge is 2.35. The molecule has 3 aliphatic carbocycles. The lowest BCUT2D eigenvalue weighted by atomic mass is 9.66. The Labute approximate surface area is 256 Å². The highest BCUT2D eigenvalue weighted by atomic mass is 32.1. The van der Waals surface area contributed by atoms with Crippen molar-refractivity contribution in [3.05, 3.63) is 167 Å². The first-order valence-corrected chi connectivity index (χ1v) is 16.2. The van der Waals surface area contributed by atoms with Gasteiger partial charge in [-0.05, 0) is 80.7 Å². The molecule has 0 saturated heterocycles. The molecule has 0 amide bonds. The lowest BCUT2D eigenvalue weighted by molar-refractivity contribution is 0.789. The highest BCUT2D eigenvalue weighted by molar-refractivity contribution is 7.26. The molecular formula is C42H30S. The number of benzene rings is 5. The molecule has 0 fully saturated rings. The molecule has 0 bridgehead atoms. The van der Waals surface area contributed by atoms with Crippen LogP contribution in [-0.2, 0) is 0 Å². The third-order valence-corrected chi connectivity index (χ3v) is 10.8. The normalized spacial score (nSPS) is 18.0. The van der Waals surface area contributed by atoms with Crippen LogP contribution in [0.15, 0.2) is 156 Å². The first-order chi connectivity index (χ1) is 21.4. The van der Waals surface area contributed by atoms with Crippen LogP contribution in [0.1, 0.15) is 30.4 Å². The van der Waals surface area contributed by atoms with Crippen molar-refractivity contribution in [2.75, 3.05) is 0 Å². The fourth-order valence-electron chi connectivity index (χ4n) is 7.70. The predicted molar refractivity (Wildman–Crippen MR) is 186 cm³/mol. The van der Waals surface area contributed by atoms with Crippen molar-refractivity contribution in [3.8, 4) is 11.1 Å². The van der Waals surface area contributed by atoms with Gasteiger partial charge in [0.25, 0.3) is 0 Å². The second kappa shape index (κ2) is 9.93. The minimum atomic E-state index is 0.356. The molecule has 43 heavy (non-hydrogen) atoms. The van der Waals surface area contributed by atoms with E-state index < -0.39 is 0 Å². The van der Waals surface area contributed by atoms with E-state index in [0.717, 1.165) is 19.3 Å². The van der Waals surface area contributed by atoms with Gasteiger partial charge in [-0.3, -0.25) is 0 Å². The second-order valence-corrected chi connectivity index (χ2v) is 12.9. The first kappa shape index (κ1) is 24.8. The van der Waals surface area contributed by atoms with Gasteiger partial charge >= 0.3 is 0 Å². The van der Waals surface area contributed by atoms with Crippen LogP contribution >= 0.6 is 11.3 Å². The molecule has 6 aromatic rings. The van der Waals surface area contributed by atoms with Crippen LogP contribution in [0.2, 0.25) is 0 Å². The maximum atomic E-state index is 2.42. The molecule has 1 heterocycles. The van der Waals surface area contributed by atoms with Gasteiger partial charge in [0.1, 0.15) is 0 Å². The second-order valence-electron chi connectivity index (χ2n) is 11.8. The maximum absolute atomic E-state index is 2.42. The minimum Gasteiger partial charge on any atom is -0.135 e. The van der Waals surface area contributed by atoms with E-state index in [-0.39, 0.29) is 0 Å². The maximum Gasteiger partial charge on any atom is 0.0434 e. The van der Waals surface area contributed by atoms with Gasteiger partial charge in [0.2, 0.25) is 0 Å². The van der Waals surface area contributed by atoms with E-state index in [9.17, 15) is 0 Å². The Kier molecular flexibility index (Phi) is 5.74. The van der Waals surface area contributed by atoms with Gasteiger partial charge in [-0.1, -0.05) is 134 Å². The molecule has 0 nitrogen and oxygen atoms in total. The van der Waals surface area contributed by atoms with Crippen molar-refractivity contribution in [1.82, 2.24) is 0 Å². The molecule has 0 saturated carbocycles. The van der Waals surface area contributed by atoms with Crippen molar-refractivity contribution in [1.29, 1.82) is 0 Å². The standard InChI is InChI=1S/C42H30S/c1-2-13-27(14-3-1)40-32-18-6-8-20-34(32)41(35-21-9-7-19-33(35)40)36-26-25-30(28-15-4-5-16-29(28)36)37-22-12-23-38-31-17-10-11-24-39(31)43-42(37)38/h1-8,10-17,19-20,22-26,32H,9,18,21H2. The summed E-state index contributed by atoms with van der Waals surface area (Å²) in [5.41, 5.74) is 12.7. The van der Waals surface area contributed by atoms with Gasteiger partial charge in [-0.15, -0.1) is 11.3 Å². The molecule has 1 heteroatoms. The molecule has 0 spiro atoms. The summed E-state index contributed by atoms with van der Waals surface area (Å²) in [6.45, 7) is 0. The van der Waals surface area contributed by atoms with E-state index in [2.05, 4.69) is 140 Å². The van der Waals surface area contributed by atoms with Crippen LogP contribution in [0.25, 0.3) is 53.2 Å². The summed E-state index contributed by atoms with van der Waals surface area (Å²) in [6.07, 6.45) is 15.0. The van der Waals surface area contributed by atoms with E-state index in [1.165, 1.54) is 81.1 Å². The third kappa shape index (κ3) is 3.82. The van der Waals surface area contributed by atoms with Crippen LogP contribution in [0.3, 0.4) is 0 Å². The van der Waals surface area contributed by atoms with Crippen LogP contribution in [0.5, 0.6) is 0 Å². The molecule has 0 aliphatic heterocycles. The van der Waals surface area contributed by atoms with Gasteiger partial charge in [-0.2, -0.15) is 0 Å². The minimum absolute atomic E-state index is 0.356.